The summed E-state index contributed by atoms with van der Waals surface area (Å²) < 4.78 is 13.5. The summed E-state index contributed by atoms with van der Waals surface area (Å²) in [6.07, 6.45) is 3.35. The fraction of sp³-hybridized carbons (Fsp3) is 0.533. The van der Waals surface area contributed by atoms with Crippen LogP contribution in [0.5, 0.6) is 11.5 Å². The first kappa shape index (κ1) is 18.4. The molecule has 21 heavy (non-hydrogen) atoms. The van der Waals surface area contributed by atoms with Crippen LogP contribution < -0.4 is 9.47 Å². The summed E-state index contributed by atoms with van der Waals surface area (Å²) in [6, 6.07) is 3.39. The van der Waals surface area contributed by atoms with Gasteiger partial charge >= 0.3 is 0 Å². The maximum absolute atomic E-state index is 6.08. The Labute approximate surface area is 142 Å². The van der Waals surface area contributed by atoms with Gasteiger partial charge in [-0.25, -0.2) is 4.58 Å². The predicted molar refractivity (Wildman–Crippen MR) is 90.3 cm³/mol. The lowest BCUT2D eigenvalue weighted by atomic mass is 10.2. The molecule has 118 valence electrons. The molecule has 0 fully saturated rings. The van der Waals surface area contributed by atoms with Gasteiger partial charge in [-0.2, -0.15) is 0 Å². The number of hydrogen-bond donors (Lipinski definition) is 0. The van der Waals surface area contributed by atoms with Crippen LogP contribution in [0.3, 0.4) is 0 Å². The largest absolute Gasteiger partial charge is 0.491 e. The molecule has 0 aliphatic carbocycles. The van der Waals surface area contributed by atoms with Gasteiger partial charge in [-0.3, -0.25) is 0 Å². The summed E-state index contributed by atoms with van der Waals surface area (Å²) in [6.45, 7) is 5.03. The van der Waals surface area contributed by atoms with E-state index in [0.29, 0.717) is 28.2 Å². The van der Waals surface area contributed by atoms with E-state index in [0.717, 1.165) is 19.5 Å². The van der Waals surface area contributed by atoms with Gasteiger partial charge in [0.2, 0.25) is 0 Å². The Morgan fingerprint density at radius 3 is 2.71 bits per heavy atom. The molecule has 6 heteroatoms. The van der Waals surface area contributed by atoms with Gasteiger partial charge in [0.15, 0.2) is 17.2 Å². The van der Waals surface area contributed by atoms with Crippen LogP contribution in [0.4, 0.5) is 0 Å². The summed E-state index contributed by atoms with van der Waals surface area (Å²) >= 11 is 12.1. The Hall–Kier alpha value is -0.640. The van der Waals surface area contributed by atoms with E-state index in [1.807, 2.05) is 0 Å². The van der Waals surface area contributed by atoms with E-state index in [4.69, 9.17) is 32.7 Å². The molecule has 0 N–H and O–H groups in total. The van der Waals surface area contributed by atoms with E-state index in [2.05, 4.69) is 11.5 Å². The summed E-state index contributed by atoms with van der Waals surface area (Å²) in [5.41, 5.74) is 1.47. The van der Waals surface area contributed by atoms with Crippen molar-refractivity contribution in [1.29, 1.82) is 0 Å². The molecule has 0 unspecified atom stereocenters. The fourth-order valence-electron chi connectivity index (χ4n) is 2.58. The second-order valence-electron chi connectivity index (χ2n) is 4.77. The molecule has 0 aromatic heterocycles. The molecule has 1 heterocycles. The Balaban J connectivity index is 0.00000220. The van der Waals surface area contributed by atoms with E-state index >= 15 is 0 Å². The molecule has 0 saturated heterocycles. The lowest BCUT2D eigenvalue weighted by Crippen LogP contribution is -2.17. The predicted octanol–water partition coefficient (Wildman–Crippen LogP) is 4.46. The van der Waals surface area contributed by atoms with Crippen molar-refractivity contribution in [3.05, 3.63) is 22.2 Å². The van der Waals surface area contributed by atoms with Gasteiger partial charge in [-0.1, -0.05) is 23.2 Å². The molecular weight excluding hydrogens is 333 g/mol. The SMILES string of the molecule is CC[N+]1=C(CCOc2cc(Cl)cc(Cl)c2OC)CCC1.Cl. The molecule has 0 saturated carbocycles. The molecule has 2 rings (SSSR count). The van der Waals surface area contributed by atoms with Crippen molar-refractivity contribution in [3.8, 4) is 11.5 Å². The first-order valence-corrected chi connectivity index (χ1v) is 7.66. The van der Waals surface area contributed by atoms with Crippen LogP contribution in [0.25, 0.3) is 0 Å². The van der Waals surface area contributed by atoms with Gasteiger partial charge in [0.1, 0.15) is 13.1 Å². The molecule has 1 aromatic rings. The summed E-state index contributed by atoms with van der Waals surface area (Å²) in [7, 11) is 1.58. The summed E-state index contributed by atoms with van der Waals surface area (Å²) in [4.78, 5) is 0. The molecule has 1 aliphatic rings. The van der Waals surface area contributed by atoms with Crippen molar-refractivity contribution >= 4 is 41.3 Å². The quantitative estimate of drug-likeness (QED) is 0.704. The van der Waals surface area contributed by atoms with E-state index in [9.17, 15) is 0 Å². The molecule has 0 bridgehead atoms. The number of nitrogens with zero attached hydrogens (tertiary/aromatic N) is 1. The lowest BCUT2D eigenvalue weighted by Gasteiger charge is -2.12. The number of rotatable bonds is 6. The van der Waals surface area contributed by atoms with Crippen molar-refractivity contribution in [2.24, 2.45) is 0 Å². The minimum Gasteiger partial charge on any atom is -0.491 e. The first-order chi connectivity index (χ1) is 9.65. The minimum absolute atomic E-state index is 0. The monoisotopic (exact) mass is 352 g/mol. The fourth-order valence-corrected chi connectivity index (χ4v) is 3.13. The van der Waals surface area contributed by atoms with E-state index in [1.54, 1.807) is 19.2 Å². The molecule has 0 atom stereocenters. The standard InChI is InChI=1S/C15H20Cl2NO2.ClH/c1-3-18-7-4-5-12(18)6-8-20-14-10-11(16)9-13(17)15(14)19-2;/h9-10H,3-8H2,1-2H3;1H/q+1;. The lowest BCUT2D eigenvalue weighted by molar-refractivity contribution is -0.517. The van der Waals surface area contributed by atoms with Crippen LogP contribution in [0, 0.1) is 0 Å². The van der Waals surface area contributed by atoms with Gasteiger partial charge in [-0.05, 0) is 13.0 Å². The van der Waals surface area contributed by atoms with Crippen LogP contribution in [0.15, 0.2) is 12.1 Å². The van der Waals surface area contributed by atoms with Crippen molar-refractivity contribution in [1.82, 2.24) is 0 Å². The maximum atomic E-state index is 6.08. The summed E-state index contributed by atoms with van der Waals surface area (Å²) in [5.74, 6) is 1.14. The summed E-state index contributed by atoms with van der Waals surface area (Å²) in [5, 5.41) is 1.02. The van der Waals surface area contributed by atoms with Gasteiger partial charge in [0.05, 0.1) is 25.2 Å². The van der Waals surface area contributed by atoms with E-state index in [-0.39, 0.29) is 12.4 Å². The van der Waals surface area contributed by atoms with Crippen molar-refractivity contribution < 1.29 is 14.0 Å². The maximum Gasteiger partial charge on any atom is 0.179 e. The third kappa shape index (κ3) is 4.67. The highest BCUT2D eigenvalue weighted by Crippen LogP contribution is 2.37. The van der Waals surface area contributed by atoms with Gasteiger partial charge < -0.3 is 9.47 Å². The number of halogens is 3. The van der Waals surface area contributed by atoms with Crippen molar-refractivity contribution in [3.63, 3.8) is 0 Å². The average molecular weight is 354 g/mol. The van der Waals surface area contributed by atoms with E-state index < -0.39 is 0 Å². The van der Waals surface area contributed by atoms with Gasteiger partial charge in [0.25, 0.3) is 0 Å². The molecule has 1 aromatic carbocycles. The number of methoxy groups -OCH3 is 1. The Morgan fingerprint density at radius 2 is 2.05 bits per heavy atom. The third-order valence-corrected chi connectivity index (χ3v) is 4.05. The number of hydrogen-bond acceptors (Lipinski definition) is 2. The van der Waals surface area contributed by atoms with Crippen LogP contribution >= 0.6 is 35.6 Å². The van der Waals surface area contributed by atoms with Crippen LogP contribution in [0.2, 0.25) is 10.0 Å². The van der Waals surface area contributed by atoms with Crippen LogP contribution in [-0.4, -0.2) is 37.1 Å². The molecule has 0 amide bonds. The topological polar surface area (TPSA) is 21.5 Å². The second-order valence-corrected chi connectivity index (χ2v) is 5.61. The molecule has 0 spiro atoms. The highest BCUT2D eigenvalue weighted by molar-refractivity contribution is 6.35. The van der Waals surface area contributed by atoms with E-state index in [1.165, 1.54) is 18.6 Å². The van der Waals surface area contributed by atoms with Crippen LogP contribution in [-0.2, 0) is 0 Å². The molecule has 1 aliphatic heterocycles. The molecule has 3 nitrogen and oxygen atoms in total. The van der Waals surface area contributed by atoms with Crippen molar-refractivity contribution in [2.75, 3.05) is 26.8 Å². The molecule has 0 radical (unpaired) electrons. The van der Waals surface area contributed by atoms with Crippen molar-refractivity contribution in [2.45, 2.75) is 26.2 Å². The Morgan fingerprint density at radius 1 is 1.29 bits per heavy atom. The van der Waals surface area contributed by atoms with Crippen LogP contribution in [0.1, 0.15) is 26.2 Å². The number of ether oxygens (including phenoxy) is 2. The zero-order chi connectivity index (χ0) is 14.5. The zero-order valence-electron chi connectivity index (χ0n) is 12.3. The Bertz CT molecular complexity index is 518. The zero-order valence-corrected chi connectivity index (χ0v) is 14.7. The first-order valence-electron chi connectivity index (χ1n) is 6.91. The highest BCUT2D eigenvalue weighted by Gasteiger charge is 2.20. The average Bonchev–Trinajstić information content (AvgIpc) is 2.86. The smallest absolute Gasteiger partial charge is 0.179 e. The van der Waals surface area contributed by atoms with Gasteiger partial charge in [-0.15, -0.1) is 12.4 Å². The second kappa shape index (κ2) is 8.72. The minimum atomic E-state index is 0. The highest BCUT2D eigenvalue weighted by atomic mass is 35.5. The third-order valence-electron chi connectivity index (χ3n) is 3.55. The van der Waals surface area contributed by atoms with Gasteiger partial charge in [0, 0.05) is 23.9 Å². The number of benzene rings is 1. The Kier molecular flexibility index (Phi) is 7.64. The molecular formula is C15H21Cl3NO2+. The normalized spacial score (nSPS) is 14.1.